The van der Waals surface area contributed by atoms with E-state index < -0.39 is 23.7 Å². The molecule has 1 aliphatic carbocycles. The van der Waals surface area contributed by atoms with Gasteiger partial charge in [-0.15, -0.1) is 11.3 Å². The SMILES string of the molecule is CCOC(=O)c1c(NC(=O)c2cc3nc(-c4ccc(OC)cc4)cc(C(F)(F)F)n3n2)sc2c1CCC(C(C)(C)C)C2. The highest BCUT2D eigenvalue weighted by Crippen LogP contribution is 2.44. The number of alkyl halides is 3. The number of methoxy groups -OCH3 is 1. The summed E-state index contributed by atoms with van der Waals surface area (Å²) in [6, 6.07) is 8.53. The zero-order valence-corrected chi connectivity index (χ0v) is 24.7. The third kappa shape index (κ3) is 5.72. The first kappa shape index (κ1) is 29.6. The van der Waals surface area contributed by atoms with E-state index in [9.17, 15) is 22.8 Å². The van der Waals surface area contributed by atoms with Crippen molar-refractivity contribution in [3.63, 3.8) is 0 Å². The largest absolute Gasteiger partial charge is 0.497 e. The molecule has 1 aromatic carbocycles. The van der Waals surface area contributed by atoms with E-state index in [2.05, 4.69) is 36.2 Å². The van der Waals surface area contributed by atoms with Crippen molar-refractivity contribution < 1.29 is 32.2 Å². The average molecular weight is 601 g/mol. The number of fused-ring (bicyclic) bond motifs is 2. The smallest absolute Gasteiger partial charge is 0.433 e. The topological polar surface area (TPSA) is 94.8 Å². The summed E-state index contributed by atoms with van der Waals surface area (Å²) in [5, 5.41) is 7.00. The maximum Gasteiger partial charge on any atom is 0.433 e. The van der Waals surface area contributed by atoms with Gasteiger partial charge in [-0.1, -0.05) is 20.8 Å². The van der Waals surface area contributed by atoms with Gasteiger partial charge in [0.1, 0.15) is 10.8 Å². The summed E-state index contributed by atoms with van der Waals surface area (Å²) in [5.74, 6) is -0.353. The number of ether oxygens (including phenoxy) is 2. The van der Waals surface area contributed by atoms with Gasteiger partial charge in [0.25, 0.3) is 5.91 Å². The number of benzene rings is 1. The summed E-state index contributed by atoms with van der Waals surface area (Å²) < 4.78 is 53.3. The number of carbonyl (C=O) groups is 2. The number of aromatic nitrogens is 3. The molecule has 12 heteroatoms. The van der Waals surface area contributed by atoms with Crippen molar-refractivity contribution in [2.75, 3.05) is 19.0 Å². The fourth-order valence-electron chi connectivity index (χ4n) is 5.20. The molecule has 0 radical (unpaired) electrons. The minimum absolute atomic E-state index is 0.0632. The lowest BCUT2D eigenvalue weighted by molar-refractivity contribution is -0.142. The molecule has 1 amide bonds. The number of nitrogens with one attached hydrogen (secondary N) is 1. The Balaban J connectivity index is 1.52. The molecule has 3 heterocycles. The number of esters is 1. The molecule has 1 N–H and O–H groups in total. The molecule has 1 atom stereocenters. The van der Waals surface area contributed by atoms with E-state index in [-0.39, 0.29) is 29.1 Å². The van der Waals surface area contributed by atoms with Crippen LogP contribution in [-0.2, 0) is 23.8 Å². The fourth-order valence-corrected chi connectivity index (χ4v) is 6.51. The molecule has 3 aromatic heterocycles. The lowest BCUT2D eigenvalue weighted by atomic mass is 9.72. The highest BCUT2D eigenvalue weighted by atomic mass is 32.1. The summed E-state index contributed by atoms with van der Waals surface area (Å²) in [5.41, 5.74) is 0.232. The predicted molar refractivity (Wildman–Crippen MR) is 153 cm³/mol. The van der Waals surface area contributed by atoms with E-state index in [0.29, 0.717) is 38.7 Å². The molecule has 5 rings (SSSR count). The predicted octanol–water partition coefficient (Wildman–Crippen LogP) is 7.07. The third-order valence-corrected chi connectivity index (χ3v) is 8.70. The van der Waals surface area contributed by atoms with Crippen molar-refractivity contribution >= 4 is 33.9 Å². The van der Waals surface area contributed by atoms with Crippen LogP contribution in [0.1, 0.15) is 71.1 Å². The molecule has 0 fully saturated rings. The van der Waals surface area contributed by atoms with Crippen LogP contribution in [-0.4, -0.2) is 40.2 Å². The first-order valence-electron chi connectivity index (χ1n) is 13.6. The number of anilines is 1. The molecular formula is C30H31F3N4O4S. The Morgan fingerprint density at radius 2 is 1.86 bits per heavy atom. The number of nitrogens with zero attached hydrogens (tertiary/aromatic N) is 3. The van der Waals surface area contributed by atoms with Gasteiger partial charge >= 0.3 is 12.1 Å². The van der Waals surface area contributed by atoms with Gasteiger partial charge in [-0.3, -0.25) is 4.79 Å². The van der Waals surface area contributed by atoms with Gasteiger partial charge in [-0.2, -0.15) is 18.3 Å². The second-order valence-electron chi connectivity index (χ2n) is 11.2. The first-order valence-corrected chi connectivity index (χ1v) is 14.4. The van der Waals surface area contributed by atoms with Crippen LogP contribution in [0.2, 0.25) is 0 Å². The van der Waals surface area contributed by atoms with E-state index in [1.165, 1.54) is 24.5 Å². The van der Waals surface area contributed by atoms with Gasteiger partial charge in [-0.05, 0) is 73.4 Å². The van der Waals surface area contributed by atoms with Crippen molar-refractivity contribution in [2.45, 2.75) is 53.1 Å². The lowest BCUT2D eigenvalue weighted by Crippen LogP contribution is -2.26. The summed E-state index contributed by atoms with van der Waals surface area (Å²) in [4.78, 5) is 31.7. The number of hydrogen-bond donors (Lipinski definition) is 1. The molecular weight excluding hydrogens is 569 g/mol. The van der Waals surface area contributed by atoms with Gasteiger partial charge in [0.15, 0.2) is 17.0 Å². The second-order valence-corrected chi connectivity index (χ2v) is 12.3. The van der Waals surface area contributed by atoms with E-state index in [0.717, 1.165) is 29.3 Å². The van der Waals surface area contributed by atoms with Crippen molar-refractivity contribution in [1.82, 2.24) is 14.6 Å². The maximum atomic E-state index is 14.1. The van der Waals surface area contributed by atoms with Gasteiger partial charge in [-0.25, -0.2) is 14.3 Å². The second kappa shape index (κ2) is 11.0. The minimum atomic E-state index is -4.77. The molecule has 222 valence electrons. The van der Waals surface area contributed by atoms with Crippen LogP contribution in [0.15, 0.2) is 36.4 Å². The number of hydrogen-bond acceptors (Lipinski definition) is 7. The Hall–Kier alpha value is -3.93. The Kier molecular flexibility index (Phi) is 7.78. The molecule has 4 aromatic rings. The number of rotatable bonds is 6. The van der Waals surface area contributed by atoms with Crippen LogP contribution in [0.3, 0.4) is 0 Å². The highest BCUT2D eigenvalue weighted by Gasteiger charge is 2.37. The Morgan fingerprint density at radius 1 is 1.14 bits per heavy atom. The number of halogens is 3. The minimum Gasteiger partial charge on any atom is -0.497 e. The molecule has 1 unspecified atom stereocenters. The Labute approximate surface area is 244 Å². The van der Waals surface area contributed by atoms with Crippen LogP contribution in [0.25, 0.3) is 16.9 Å². The molecule has 0 aliphatic heterocycles. The van der Waals surface area contributed by atoms with Crippen LogP contribution >= 0.6 is 11.3 Å². The maximum absolute atomic E-state index is 14.1. The monoisotopic (exact) mass is 600 g/mol. The van der Waals surface area contributed by atoms with Gasteiger partial charge in [0, 0.05) is 16.5 Å². The molecule has 1 aliphatic rings. The van der Waals surface area contributed by atoms with E-state index in [1.54, 1.807) is 31.2 Å². The van der Waals surface area contributed by atoms with E-state index in [1.807, 2.05) is 0 Å². The van der Waals surface area contributed by atoms with Crippen molar-refractivity contribution in [2.24, 2.45) is 11.3 Å². The third-order valence-electron chi connectivity index (χ3n) is 7.53. The summed E-state index contributed by atoms with van der Waals surface area (Å²) in [7, 11) is 1.49. The quantitative estimate of drug-likeness (QED) is 0.238. The van der Waals surface area contributed by atoms with Crippen molar-refractivity contribution in [3.8, 4) is 17.0 Å². The van der Waals surface area contributed by atoms with Gasteiger partial charge in [0.05, 0.1) is 25.0 Å². The molecule has 8 nitrogen and oxygen atoms in total. The number of amides is 1. The average Bonchev–Trinajstić information content (AvgIpc) is 3.52. The summed E-state index contributed by atoms with van der Waals surface area (Å²) >= 11 is 1.30. The zero-order valence-electron chi connectivity index (χ0n) is 23.9. The number of thiophene rings is 1. The van der Waals surface area contributed by atoms with Crippen LogP contribution < -0.4 is 10.1 Å². The summed E-state index contributed by atoms with van der Waals surface area (Å²) in [6.07, 6.45) is -2.45. The highest BCUT2D eigenvalue weighted by molar-refractivity contribution is 7.17. The zero-order chi connectivity index (χ0) is 30.4. The van der Waals surface area contributed by atoms with Gasteiger partial charge < -0.3 is 14.8 Å². The van der Waals surface area contributed by atoms with E-state index in [4.69, 9.17) is 9.47 Å². The molecule has 0 saturated heterocycles. The van der Waals surface area contributed by atoms with Crippen molar-refractivity contribution in [3.05, 3.63) is 63.8 Å². The molecule has 0 spiro atoms. The van der Waals surface area contributed by atoms with Crippen molar-refractivity contribution in [1.29, 1.82) is 0 Å². The summed E-state index contributed by atoms with van der Waals surface area (Å²) in [6.45, 7) is 8.40. The molecule has 0 saturated carbocycles. The first-order chi connectivity index (χ1) is 19.8. The number of carbonyl (C=O) groups excluding carboxylic acids is 2. The molecule has 42 heavy (non-hydrogen) atoms. The van der Waals surface area contributed by atoms with Crippen LogP contribution in [0, 0.1) is 11.3 Å². The standard InChI is InChI=1S/C30H31F3N4O4S/c1-6-41-28(39)25-19-12-9-17(29(2,3)4)13-22(19)42-27(25)35-26(38)21-15-24-34-20(16-7-10-18(40-5)11-8-16)14-23(30(31,32)33)37(24)36-21/h7-8,10-11,14-15,17H,6,9,12-13H2,1-5H3,(H,35,38). The van der Waals surface area contributed by atoms with E-state index >= 15 is 0 Å². The van der Waals surface area contributed by atoms with Crippen LogP contribution in [0.5, 0.6) is 5.75 Å². The Bertz CT molecular complexity index is 1650. The molecule has 0 bridgehead atoms. The van der Waals surface area contributed by atoms with Gasteiger partial charge in [0.2, 0.25) is 0 Å². The Morgan fingerprint density at radius 3 is 2.48 bits per heavy atom. The lowest BCUT2D eigenvalue weighted by Gasteiger charge is -2.33. The van der Waals surface area contributed by atoms with Crippen LogP contribution in [0.4, 0.5) is 18.2 Å². The normalized spacial score (nSPS) is 15.4. The fraction of sp³-hybridized carbons (Fsp3) is 0.400.